The highest BCUT2D eigenvalue weighted by Gasteiger charge is 2.34. The number of nitrogens with one attached hydrogen (secondary N) is 1. The molecule has 224 valence electrons. The maximum atomic E-state index is 14.3. The zero-order chi connectivity index (χ0) is 30.3. The summed E-state index contributed by atoms with van der Waals surface area (Å²) >= 11 is 0. The fraction of sp³-hybridized carbons (Fsp3) is 0.375. The average Bonchev–Trinajstić information content (AvgIpc) is 3.00. The largest absolute Gasteiger partial charge is 0.486 e. The van der Waals surface area contributed by atoms with E-state index in [9.17, 15) is 18.0 Å². The zero-order valence-electron chi connectivity index (χ0n) is 24.6. The number of fused-ring (bicyclic) bond motifs is 1. The lowest BCUT2D eigenvalue weighted by Crippen LogP contribution is -2.53. The lowest BCUT2D eigenvalue weighted by atomic mass is 10.1. The highest BCUT2D eigenvalue weighted by atomic mass is 32.2. The van der Waals surface area contributed by atoms with E-state index in [0.717, 1.165) is 21.9 Å². The van der Waals surface area contributed by atoms with Crippen LogP contribution in [0.3, 0.4) is 0 Å². The molecular formula is C32H39N3O6S. The fourth-order valence-electron chi connectivity index (χ4n) is 4.77. The van der Waals surface area contributed by atoms with Crippen LogP contribution in [0.25, 0.3) is 0 Å². The first kappa shape index (κ1) is 30.9. The van der Waals surface area contributed by atoms with Crippen LogP contribution in [0.1, 0.15) is 44.7 Å². The van der Waals surface area contributed by atoms with E-state index in [4.69, 9.17) is 9.47 Å². The molecule has 9 nitrogen and oxygen atoms in total. The Morgan fingerprint density at radius 3 is 2.24 bits per heavy atom. The maximum Gasteiger partial charge on any atom is 0.264 e. The van der Waals surface area contributed by atoms with Gasteiger partial charge in [0.15, 0.2) is 11.5 Å². The number of hydrogen-bond acceptors (Lipinski definition) is 6. The molecule has 0 radical (unpaired) electrons. The van der Waals surface area contributed by atoms with E-state index in [1.54, 1.807) is 36.4 Å². The Bertz CT molecular complexity index is 1500. The molecule has 0 saturated carbocycles. The number of carbonyl (C=O) groups is 2. The summed E-state index contributed by atoms with van der Waals surface area (Å²) in [6, 6.07) is 19.6. The van der Waals surface area contributed by atoms with Gasteiger partial charge in [-0.3, -0.25) is 13.9 Å². The molecule has 0 spiro atoms. The molecule has 4 rings (SSSR count). The SMILES string of the molecule is CC[C@@H](C)NC(=O)[C@@H](CC)N(Cc1ccccc1C)C(=O)CN(c1ccc2c(c1)OCCO2)S(=O)(=O)c1ccccc1. The molecule has 0 fully saturated rings. The minimum absolute atomic E-state index is 0.0414. The van der Waals surface area contributed by atoms with Crippen molar-refractivity contribution in [3.05, 3.63) is 83.9 Å². The third kappa shape index (κ3) is 7.05. The van der Waals surface area contributed by atoms with E-state index in [1.807, 2.05) is 52.0 Å². The van der Waals surface area contributed by atoms with E-state index in [1.165, 1.54) is 17.0 Å². The van der Waals surface area contributed by atoms with Crippen LogP contribution in [0, 0.1) is 6.92 Å². The molecule has 0 aliphatic carbocycles. The number of benzene rings is 3. The average molecular weight is 594 g/mol. The molecule has 1 heterocycles. The van der Waals surface area contributed by atoms with Crippen LogP contribution in [0.2, 0.25) is 0 Å². The molecule has 3 aromatic carbocycles. The van der Waals surface area contributed by atoms with Crippen molar-refractivity contribution >= 4 is 27.5 Å². The Morgan fingerprint density at radius 2 is 1.57 bits per heavy atom. The summed E-state index contributed by atoms with van der Waals surface area (Å²) in [5, 5.41) is 3.00. The smallest absolute Gasteiger partial charge is 0.264 e. The van der Waals surface area contributed by atoms with Gasteiger partial charge in [0.1, 0.15) is 25.8 Å². The molecule has 1 aliphatic heterocycles. The summed E-state index contributed by atoms with van der Waals surface area (Å²) in [6.45, 7) is 8.03. The summed E-state index contributed by atoms with van der Waals surface area (Å²) in [6.07, 6.45) is 1.09. The number of nitrogens with zero attached hydrogens (tertiary/aromatic N) is 2. The van der Waals surface area contributed by atoms with Crippen molar-refractivity contribution in [3.63, 3.8) is 0 Å². The van der Waals surface area contributed by atoms with Crippen molar-refractivity contribution in [3.8, 4) is 11.5 Å². The van der Waals surface area contributed by atoms with Gasteiger partial charge in [-0.15, -0.1) is 0 Å². The van der Waals surface area contributed by atoms with Crippen molar-refractivity contribution < 1.29 is 27.5 Å². The van der Waals surface area contributed by atoms with Crippen molar-refractivity contribution in [1.29, 1.82) is 0 Å². The van der Waals surface area contributed by atoms with Crippen LogP contribution in [0.4, 0.5) is 5.69 Å². The van der Waals surface area contributed by atoms with Crippen LogP contribution in [0.5, 0.6) is 11.5 Å². The third-order valence-electron chi connectivity index (χ3n) is 7.41. The molecule has 2 atom stereocenters. The first-order valence-electron chi connectivity index (χ1n) is 14.3. The Hall–Kier alpha value is -4.05. The molecular weight excluding hydrogens is 554 g/mol. The van der Waals surface area contributed by atoms with Crippen molar-refractivity contribution in [2.24, 2.45) is 0 Å². The molecule has 1 N–H and O–H groups in total. The quantitative estimate of drug-likeness (QED) is 0.327. The van der Waals surface area contributed by atoms with Gasteiger partial charge < -0.3 is 19.7 Å². The number of ether oxygens (including phenoxy) is 2. The topological polar surface area (TPSA) is 105 Å². The Labute approximate surface area is 248 Å². The lowest BCUT2D eigenvalue weighted by molar-refractivity contribution is -0.140. The second-order valence-corrected chi connectivity index (χ2v) is 12.2. The van der Waals surface area contributed by atoms with Gasteiger partial charge in [0.25, 0.3) is 10.0 Å². The van der Waals surface area contributed by atoms with Crippen LogP contribution in [-0.4, -0.2) is 57.0 Å². The van der Waals surface area contributed by atoms with Crippen LogP contribution in [-0.2, 0) is 26.2 Å². The number of anilines is 1. The van der Waals surface area contributed by atoms with E-state index in [0.29, 0.717) is 31.1 Å². The van der Waals surface area contributed by atoms with Crippen molar-refractivity contribution in [1.82, 2.24) is 10.2 Å². The summed E-state index contributed by atoms with van der Waals surface area (Å²) < 4.78 is 40.5. The first-order valence-corrected chi connectivity index (χ1v) is 15.7. The number of aryl methyl sites for hydroxylation is 1. The first-order chi connectivity index (χ1) is 20.1. The second kappa shape index (κ2) is 13.7. The lowest BCUT2D eigenvalue weighted by Gasteiger charge is -2.34. The Morgan fingerprint density at radius 1 is 0.905 bits per heavy atom. The number of carbonyl (C=O) groups excluding carboxylic acids is 2. The third-order valence-corrected chi connectivity index (χ3v) is 9.20. The molecule has 0 aromatic heterocycles. The highest BCUT2D eigenvalue weighted by molar-refractivity contribution is 7.92. The van der Waals surface area contributed by atoms with Crippen LogP contribution < -0.4 is 19.1 Å². The number of amides is 2. The van der Waals surface area contributed by atoms with Gasteiger partial charge in [0.05, 0.1) is 10.6 Å². The van der Waals surface area contributed by atoms with E-state index in [-0.39, 0.29) is 29.1 Å². The summed E-state index contributed by atoms with van der Waals surface area (Å²) in [4.78, 5) is 29.2. The molecule has 2 amide bonds. The number of sulfonamides is 1. The number of rotatable bonds is 12. The van der Waals surface area contributed by atoms with Gasteiger partial charge in [-0.2, -0.15) is 0 Å². The molecule has 10 heteroatoms. The minimum Gasteiger partial charge on any atom is -0.486 e. The van der Waals surface area contributed by atoms with E-state index in [2.05, 4.69) is 5.32 Å². The monoisotopic (exact) mass is 593 g/mol. The summed E-state index contributed by atoms with van der Waals surface area (Å²) in [5.41, 5.74) is 2.09. The normalized spacial score (nSPS) is 14.0. The predicted octanol–water partition coefficient (Wildman–Crippen LogP) is 4.68. The maximum absolute atomic E-state index is 14.3. The molecule has 0 saturated heterocycles. The summed E-state index contributed by atoms with van der Waals surface area (Å²) in [7, 11) is -4.18. The van der Waals surface area contributed by atoms with Gasteiger partial charge in [-0.05, 0) is 62.1 Å². The Balaban J connectivity index is 1.76. The van der Waals surface area contributed by atoms with E-state index < -0.39 is 28.5 Å². The molecule has 1 aliphatic rings. The van der Waals surface area contributed by atoms with Gasteiger partial charge in [0, 0.05) is 18.7 Å². The second-order valence-electron chi connectivity index (χ2n) is 10.3. The van der Waals surface area contributed by atoms with E-state index >= 15 is 0 Å². The van der Waals surface area contributed by atoms with Gasteiger partial charge in [0.2, 0.25) is 11.8 Å². The minimum atomic E-state index is -4.18. The standard InChI is InChI=1S/C32H39N3O6S/c1-5-24(4)33-32(37)28(6-2)34(21-25-13-11-10-12-23(25)3)31(36)22-35(42(38,39)27-14-8-7-9-15-27)26-16-17-29-30(20-26)41-19-18-40-29/h7-17,20,24,28H,5-6,18-19,21-22H2,1-4H3,(H,33,37)/t24-,28-/m1/s1. The molecule has 0 bridgehead atoms. The van der Waals surface area contributed by atoms with Gasteiger partial charge >= 0.3 is 0 Å². The van der Waals surface area contributed by atoms with Gasteiger partial charge in [-0.25, -0.2) is 8.42 Å². The van der Waals surface area contributed by atoms with Crippen molar-refractivity contribution in [2.75, 3.05) is 24.1 Å². The predicted molar refractivity (Wildman–Crippen MR) is 162 cm³/mol. The summed E-state index contributed by atoms with van der Waals surface area (Å²) in [5.74, 6) is 0.127. The number of hydrogen-bond donors (Lipinski definition) is 1. The molecule has 42 heavy (non-hydrogen) atoms. The molecule has 0 unspecified atom stereocenters. The zero-order valence-corrected chi connectivity index (χ0v) is 25.4. The highest BCUT2D eigenvalue weighted by Crippen LogP contribution is 2.36. The van der Waals surface area contributed by atoms with Crippen LogP contribution >= 0.6 is 0 Å². The fourth-order valence-corrected chi connectivity index (χ4v) is 6.19. The van der Waals surface area contributed by atoms with Crippen molar-refractivity contribution in [2.45, 2.75) is 64.1 Å². The van der Waals surface area contributed by atoms with Gasteiger partial charge in [-0.1, -0.05) is 56.3 Å². The Kier molecular flexibility index (Phi) is 10.1. The molecule has 3 aromatic rings. The van der Waals surface area contributed by atoms with Crippen LogP contribution in [0.15, 0.2) is 77.7 Å².